The van der Waals surface area contributed by atoms with Gasteiger partial charge in [0, 0.05) is 0 Å². The molecular weight excluding hydrogens is 206 g/mol. The number of hydrogen-bond acceptors (Lipinski definition) is 4. The summed E-state index contributed by atoms with van der Waals surface area (Å²) >= 11 is 0. The van der Waals surface area contributed by atoms with E-state index < -0.39 is 18.6 Å². The summed E-state index contributed by atoms with van der Waals surface area (Å²) in [6, 6.07) is 2.66. The molecule has 0 saturated heterocycles. The highest BCUT2D eigenvalue weighted by atomic mass is 19.3. The van der Waals surface area contributed by atoms with Crippen LogP contribution in [0, 0.1) is 11.3 Å². The lowest BCUT2D eigenvalue weighted by Crippen LogP contribution is -2.02. The fraction of sp³-hybridized carbons (Fsp3) is 0.333. The van der Waals surface area contributed by atoms with Gasteiger partial charge in [-0.2, -0.15) is 5.26 Å². The highest BCUT2D eigenvalue weighted by Gasteiger charge is 2.18. The summed E-state index contributed by atoms with van der Waals surface area (Å²) < 4.78 is 29.6. The van der Waals surface area contributed by atoms with Crippen LogP contribution in [0.4, 0.5) is 8.78 Å². The first kappa shape index (κ1) is 11.3. The maximum Gasteiger partial charge on any atom is 0.269 e. The molecule has 1 rings (SSSR count). The molecule has 0 amide bonds. The van der Waals surface area contributed by atoms with Crippen LogP contribution in [0.2, 0.25) is 0 Å². The third-order valence-electron chi connectivity index (χ3n) is 1.79. The van der Waals surface area contributed by atoms with Crippen molar-refractivity contribution < 1.29 is 18.6 Å². The Kier molecular flexibility index (Phi) is 3.52. The van der Waals surface area contributed by atoms with Gasteiger partial charge in [-0.1, -0.05) is 0 Å². The number of rotatable bonds is 3. The molecule has 4 nitrogen and oxygen atoms in total. The third kappa shape index (κ3) is 2.19. The summed E-state index contributed by atoms with van der Waals surface area (Å²) in [5.41, 5.74) is -0.501. The second kappa shape index (κ2) is 4.66. The molecule has 0 unspecified atom stereocenters. The predicted octanol–water partition coefficient (Wildman–Crippen LogP) is 1.39. The molecule has 1 aromatic heterocycles. The van der Waals surface area contributed by atoms with Crippen LogP contribution >= 0.6 is 0 Å². The number of nitriles is 1. The highest BCUT2D eigenvalue weighted by Crippen LogP contribution is 2.28. The molecule has 1 aromatic rings. The van der Waals surface area contributed by atoms with Crippen LogP contribution in [0.15, 0.2) is 6.07 Å². The minimum Gasteiger partial charge on any atom is -0.481 e. The Morgan fingerprint density at radius 1 is 1.67 bits per heavy atom. The van der Waals surface area contributed by atoms with Gasteiger partial charge in [0.2, 0.25) is 5.88 Å². The molecule has 80 valence electrons. The molecule has 0 spiro atoms. The quantitative estimate of drug-likeness (QED) is 0.825. The number of alkyl halides is 2. The summed E-state index contributed by atoms with van der Waals surface area (Å²) in [4.78, 5) is 3.63. The fourth-order valence-corrected chi connectivity index (χ4v) is 1.09. The van der Waals surface area contributed by atoms with Crippen LogP contribution in [-0.4, -0.2) is 17.2 Å². The van der Waals surface area contributed by atoms with E-state index in [1.165, 1.54) is 7.11 Å². The van der Waals surface area contributed by atoms with Gasteiger partial charge >= 0.3 is 0 Å². The molecule has 0 saturated carbocycles. The SMILES string of the molecule is COc1nc(CO)c(C#N)cc1C(F)F. The summed E-state index contributed by atoms with van der Waals surface area (Å²) in [5, 5.41) is 17.5. The average Bonchev–Trinajstić information content (AvgIpc) is 2.26. The molecule has 6 heteroatoms. The molecule has 0 bridgehead atoms. The van der Waals surface area contributed by atoms with Crippen LogP contribution < -0.4 is 4.74 Å². The van der Waals surface area contributed by atoms with Gasteiger partial charge in [0.25, 0.3) is 6.43 Å². The zero-order valence-electron chi connectivity index (χ0n) is 7.87. The lowest BCUT2D eigenvalue weighted by Gasteiger charge is -2.09. The van der Waals surface area contributed by atoms with Crippen molar-refractivity contribution in [3.8, 4) is 11.9 Å². The van der Waals surface area contributed by atoms with Gasteiger partial charge in [-0.05, 0) is 6.07 Å². The largest absolute Gasteiger partial charge is 0.481 e. The van der Waals surface area contributed by atoms with Crippen molar-refractivity contribution in [2.24, 2.45) is 0 Å². The van der Waals surface area contributed by atoms with Crippen molar-refractivity contribution in [3.63, 3.8) is 0 Å². The number of aliphatic hydroxyl groups excluding tert-OH is 1. The maximum absolute atomic E-state index is 12.5. The fourth-order valence-electron chi connectivity index (χ4n) is 1.09. The normalized spacial score (nSPS) is 10.1. The zero-order chi connectivity index (χ0) is 11.4. The summed E-state index contributed by atoms with van der Waals surface area (Å²) in [6.07, 6.45) is -2.77. The van der Waals surface area contributed by atoms with E-state index in [0.717, 1.165) is 6.07 Å². The number of halogens is 2. The van der Waals surface area contributed by atoms with Crippen molar-refractivity contribution in [1.82, 2.24) is 4.98 Å². The molecule has 0 radical (unpaired) electrons. The monoisotopic (exact) mass is 214 g/mol. The first-order chi connectivity index (χ1) is 7.13. The Bertz CT molecular complexity index is 402. The molecule has 0 aromatic carbocycles. The molecule has 1 heterocycles. The number of aliphatic hydroxyl groups is 1. The van der Waals surface area contributed by atoms with Crippen molar-refractivity contribution in [3.05, 3.63) is 22.9 Å². The van der Waals surface area contributed by atoms with E-state index in [1.54, 1.807) is 6.07 Å². The van der Waals surface area contributed by atoms with E-state index in [9.17, 15) is 8.78 Å². The number of aromatic nitrogens is 1. The van der Waals surface area contributed by atoms with Crippen molar-refractivity contribution >= 4 is 0 Å². The second-order valence-corrected chi connectivity index (χ2v) is 2.65. The minimum absolute atomic E-state index is 0.0266. The Morgan fingerprint density at radius 2 is 2.33 bits per heavy atom. The predicted molar refractivity (Wildman–Crippen MR) is 46.4 cm³/mol. The first-order valence-corrected chi connectivity index (χ1v) is 4.01. The smallest absolute Gasteiger partial charge is 0.269 e. The highest BCUT2D eigenvalue weighted by molar-refractivity contribution is 5.41. The molecule has 0 aliphatic carbocycles. The first-order valence-electron chi connectivity index (χ1n) is 4.01. The van der Waals surface area contributed by atoms with Gasteiger partial charge in [-0.25, -0.2) is 13.8 Å². The average molecular weight is 214 g/mol. The van der Waals surface area contributed by atoms with Crippen LogP contribution in [0.25, 0.3) is 0 Å². The standard InChI is InChI=1S/C9H8F2N2O2/c1-15-9-6(8(10)11)2-5(3-12)7(4-14)13-9/h2,8,14H,4H2,1H3. The van der Waals surface area contributed by atoms with E-state index >= 15 is 0 Å². The van der Waals surface area contributed by atoms with Crippen molar-refractivity contribution in [2.45, 2.75) is 13.0 Å². The van der Waals surface area contributed by atoms with Crippen molar-refractivity contribution in [1.29, 1.82) is 5.26 Å². The van der Waals surface area contributed by atoms with Gasteiger partial charge in [0.1, 0.15) is 6.07 Å². The summed E-state index contributed by atoms with van der Waals surface area (Å²) in [7, 11) is 1.20. The van der Waals surface area contributed by atoms with Gasteiger partial charge in [0.05, 0.1) is 30.5 Å². The Balaban J connectivity index is 3.36. The third-order valence-corrected chi connectivity index (χ3v) is 1.79. The minimum atomic E-state index is -2.77. The Labute approximate surface area is 84.7 Å². The summed E-state index contributed by atoms with van der Waals surface area (Å²) in [5.74, 6) is -0.270. The molecule has 0 fully saturated rings. The van der Waals surface area contributed by atoms with Crippen LogP contribution in [0.3, 0.4) is 0 Å². The van der Waals surface area contributed by atoms with E-state index in [2.05, 4.69) is 9.72 Å². The van der Waals surface area contributed by atoms with Gasteiger partial charge in [-0.15, -0.1) is 0 Å². The molecule has 0 aliphatic rings. The number of pyridine rings is 1. The molecule has 0 aliphatic heterocycles. The zero-order valence-corrected chi connectivity index (χ0v) is 7.87. The molecule has 1 N–H and O–H groups in total. The molecular formula is C9H8F2N2O2. The number of ether oxygens (including phenoxy) is 1. The van der Waals surface area contributed by atoms with Crippen LogP contribution in [0.1, 0.15) is 23.2 Å². The van der Waals surface area contributed by atoms with Crippen LogP contribution in [-0.2, 0) is 6.61 Å². The lowest BCUT2D eigenvalue weighted by molar-refractivity contribution is 0.145. The number of methoxy groups -OCH3 is 1. The second-order valence-electron chi connectivity index (χ2n) is 2.65. The van der Waals surface area contributed by atoms with Gasteiger partial charge in [-0.3, -0.25) is 0 Å². The van der Waals surface area contributed by atoms with Gasteiger partial charge in [0.15, 0.2) is 0 Å². The Morgan fingerprint density at radius 3 is 2.73 bits per heavy atom. The Hall–Kier alpha value is -1.74. The lowest BCUT2D eigenvalue weighted by atomic mass is 10.1. The molecule has 15 heavy (non-hydrogen) atoms. The van der Waals surface area contributed by atoms with E-state index in [-0.39, 0.29) is 17.1 Å². The molecule has 0 atom stereocenters. The topological polar surface area (TPSA) is 66.1 Å². The van der Waals surface area contributed by atoms with Crippen molar-refractivity contribution in [2.75, 3.05) is 7.11 Å². The van der Waals surface area contributed by atoms with E-state index in [0.29, 0.717) is 0 Å². The van der Waals surface area contributed by atoms with Gasteiger partial charge < -0.3 is 9.84 Å². The number of hydrogen-bond donors (Lipinski definition) is 1. The number of nitrogens with zero attached hydrogens (tertiary/aromatic N) is 2. The maximum atomic E-state index is 12.5. The van der Waals surface area contributed by atoms with Crippen LogP contribution in [0.5, 0.6) is 5.88 Å². The van der Waals surface area contributed by atoms with E-state index in [4.69, 9.17) is 10.4 Å². The summed E-state index contributed by atoms with van der Waals surface area (Å²) in [6.45, 7) is -0.497. The van der Waals surface area contributed by atoms with E-state index in [1.807, 2.05) is 0 Å².